The molecule has 22 heavy (non-hydrogen) atoms. The number of allylic oxidation sites excluding steroid dienone is 1. The van der Waals surface area contributed by atoms with Gasteiger partial charge in [0.1, 0.15) is 29.3 Å². The van der Waals surface area contributed by atoms with Gasteiger partial charge in [-0.2, -0.15) is 10.5 Å². The average Bonchev–Trinajstić information content (AvgIpc) is 2.53. The van der Waals surface area contributed by atoms with E-state index in [9.17, 15) is 4.39 Å². The fourth-order valence-corrected chi connectivity index (χ4v) is 1.65. The zero-order valence-electron chi connectivity index (χ0n) is 11.4. The van der Waals surface area contributed by atoms with E-state index < -0.39 is 0 Å². The number of halogens is 1. The van der Waals surface area contributed by atoms with Gasteiger partial charge in [0.25, 0.3) is 0 Å². The molecule has 0 fully saturated rings. The quantitative estimate of drug-likeness (QED) is 0.833. The lowest BCUT2D eigenvalue weighted by Crippen LogP contribution is -2.10. The normalized spacial score (nSPS) is 9.41. The van der Waals surface area contributed by atoms with Crippen LogP contribution in [0.4, 0.5) is 10.2 Å². The van der Waals surface area contributed by atoms with Gasteiger partial charge in [0.05, 0.1) is 0 Å². The molecule has 0 saturated carbocycles. The third-order valence-electron chi connectivity index (χ3n) is 2.78. The minimum Gasteiger partial charge on any atom is -0.385 e. The lowest BCUT2D eigenvalue weighted by Gasteiger charge is -2.07. The summed E-state index contributed by atoms with van der Waals surface area (Å²) in [5.41, 5.74) is 7.09. The number of aromatic nitrogens is 2. The van der Waals surface area contributed by atoms with E-state index in [1.807, 2.05) is 0 Å². The fourth-order valence-electron chi connectivity index (χ4n) is 1.65. The van der Waals surface area contributed by atoms with E-state index in [1.54, 1.807) is 30.5 Å². The van der Waals surface area contributed by atoms with Gasteiger partial charge in [-0.25, -0.2) is 14.4 Å². The molecule has 0 spiro atoms. The van der Waals surface area contributed by atoms with Crippen LogP contribution in [0, 0.1) is 28.5 Å². The summed E-state index contributed by atoms with van der Waals surface area (Å²) in [5, 5.41) is 20.0. The van der Waals surface area contributed by atoms with Crippen LogP contribution in [0.15, 0.2) is 42.2 Å². The first-order valence-corrected chi connectivity index (χ1v) is 6.25. The molecule has 0 aliphatic heterocycles. The molecule has 1 aromatic carbocycles. The molecule has 0 bridgehead atoms. The Hall–Kier alpha value is -3.45. The van der Waals surface area contributed by atoms with Crippen molar-refractivity contribution in [3.8, 4) is 23.5 Å². The zero-order valence-corrected chi connectivity index (χ0v) is 11.4. The number of nitrogen functional groups attached to an aromatic ring is 1. The predicted molar refractivity (Wildman–Crippen MR) is 78.0 cm³/mol. The standard InChI is InChI=1S/C15H11FN6/c16-13-3-1-11(2-4-13)15-21-9-12(14(19)22-15)8-20-7-10(5-17)6-18/h1-4,7,9,20H,8H2,(H2,19,21,22). The molecule has 2 rings (SSSR count). The highest BCUT2D eigenvalue weighted by atomic mass is 19.1. The number of benzene rings is 1. The molecule has 2 aromatic rings. The van der Waals surface area contributed by atoms with Crippen LogP contribution < -0.4 is 11.1 Å². The number of nitrogens with one attached hydrogen (secondary N) is 1. The Morgan fingerprint density at radius 2 is 1.95 bits per heavy atom. The topological polar surface area (TPSA) is 111 Å². The number of hydrogen-bond acceptors (Lipinski definition) is 6. The predicted octanol–water partition coefficient (Wildman–Crippen LogP) is 1.89. The van der Waals surface area contributed by atoms with Crippen LogP contribution in [0.2, 0.25) is 0 Å². The minimum absolute atomic E-state index is 0.0394. The fraction of sp³-hybridized carbons (Fsp3) is 0.0667. The Labute approximate surface area is 126 Å². The molecule has 0 aliphatic rings. The van der Waals surface area contributed by atoms with Crippen molar-refractivity contribution < 1.29 is 4.39 Å². The summed E-state index contributed by atoms with van der Waals surface area (Å²) in [7, 11) is 0. The van der Waals surface area contributed by atoms with Crippen LogP contribution in [0.1, 0.15) is 5.56 Å². The maximum absolute atomic E-state index is 12.9. The van der Waals surface area contributed by atoms with Crippen molar-refractivity contribution in [3.05, 3.63) is 53.6 Å². The third kappa shape index (κ3) is 3.56. The number of nitrogens with two attached hydrogens (primary N) is 1. The van der Waals surface area contributed by atoms with Crippen LogP contribution in [0.3, 0.4) is 0 Å². The molecule has 1 aromatic heterocycles. The van der Waals surface area contributed by atoms with E-state index in [2.05, 4.69) is 15.3 Å². The van der Waals surface area contributed by atoms with E-state index >= 15 is 0 Å². The van der Waals surface area contributed by atoms with Gasteiger partial charge in [-0.3, -0.25) is 0 Å². The largest absolute Gasteiger partial charge is 0.385 e. The maximum Gasteiger partial charge on any atom is 0.161 e. The number of hydrogen-bond donors (Lipinski definition) is 2. The number of nitriles is 2. The summed E-state index contributed by atoms with van der Waals surface area (Å²) in [6.45, 7) is 0.280. The van der Waals surface area contributed by atoms with Gasteiger partial charge in [-0.15, -0.1) is 0 Å². The highest BCUT2D eigenvalue weighted by Crippen LogP contribution is 2.18. The van der Waals surface area contributed by atoms with Crippen LogP contribution in [-0.4, -0.2) is 9.97 Å². The summed E-state index contributed by atoms with van der Waals surface area (Å²) in [4.78, 5) is 8.34. The SMILES string of the molecule is N#CC(C#N)=CNCc1cnc(-c2ccc(F)cc2)nc1N. The van der Waals surface area contributed by atoms with E-state index in [0.717, 1.165) is 0 Å². The van der Waals surface area contributed by atoms with E-state index in [-0.39, 0.29) is 23.8 Å². The maximum atomic E-state index is 12.9. The van der Waals surface area contributed by atoms with Crippen LogP contribution >= 0.6 is 0 Å². The van der Waals surface area contributed by atoms with Gasteiger partial charge in [0.2, 0.25) is 0 Å². The zero-order chi connectivity index (χ0) is 15.9. The molecule has 0 unspecified atom stereocenters. The summed E-state index contributed by atoms with van der Waals surface area (Å²) in [6.07, 6.45) is 2.84. The second-order valence-corrected chi connectivity index (χ2v) is 4.27. The molecule has 0 radical (unpaired) electrons. The van der Waals surface area contributed by atoms with Crippen LogP contribution in [0.25, 0.3) is 11.4 Å². The Balaban J connectivity index is 2.14. The van der Waals surface area contributed by atoms with Crippen LogP contribution in [0.5, 0.6) is 0 Å². The summed E-state index contributed by atoms with van der Waals surface area (Å²) < 4.78 is 12.9. The third-order valence-corrected chi connectivity index (χ3v) is 2.78. The molecule has 3 N–H and O–H groups in total. The van der Waals surface area contributed by atoms with Crippen LogP contribution in [-0.2, 0) is 6.54 Å². The van der Waals surface area contributed by atoms with Gasteiger partial charge in [-0.05, 0) is 24.3 Å². The second kappa shape index (κ2) is 6.82. The first-order valence-electron chi connectivity index (χ1n) is 6.25. The molecule has 0 amide bonds. The second-order valence-electron chi connectivity index (χ2n) is 4.27. The first-order chi connectivity index (χ1) is 10.6. The molecule has 7 heteroatoms. The Bertz CT molecular complexity index is 767. The van der Waals surface area contributed by atoms with Gasteiger partial charge >= 0.3 is 0 Å². The Morgan fingerprint density at radius 3 is 2.55 bits per heavy atom. The molecule has 0 atom stereocenters. The van der Waals surface area contributed by atoms with Crippen molar-refractivity contribution in [2.45, 2.75) is 6.54 Å². The first kappa shape index (κ1) is 14.9. The molecular weight excluding hydrogens is 283 g/mol. The van der Waals surface area contributed by atoms with Gasteiger partial charge < -0.3 is 11.1 Å². The minimum atomic E-state index is -0.338. The van der Waals surface area contributed by atoms with Crippen molar-refractivity contribution in [1.82, 2.24) is 15.3 Å². The van der Waals surface area contributed by atoms with E-state index in [1.165, 1.54) is 18.3 Å². The van der Waals surface area contributed by atoms with Crippen molar-refractivity contribution in [1.29, 1.82) is 10.5 Å². The lowest BCUT2D eigenvalue weighted by atomic mass is 10.2. The lowest BCUT2D eigenvalue weighted by molar-refractivity contribution is 0.628. The highest BCUT2D eigenvalue weighted by Gasteiger charge is 2.06. The summed E-state index contributed by atoms with van der Waals surface area (Å²) >= 11 is 0. The van der Waals surface area contributed by atoms with Crippen molar-refractivity contribution in [2.24, 2.45) is 0 Å². The number of rotatable bonds is 4. The Kier molecular flexibility index (Phi) is 4.63. The molecule has 1 heterocycles. The van der Waals surface area contributed by atoms with Gasteiger partial charge in [-0.1, -0.05) is 0 Å². The van der Waals surface area contributed by atoms with E-state index in [0.29, 0.717) is 17.0 Å². The summed E-state index contributed by atoms with van der Waals surface area (Å²) in [6, 6.07) is 9.24. The molecule has 0 aliphatic carbocycles. The average molecular weight is 294 g/mol. The van der Waals surface area contributed by atoms with Crippen molar-refractivity contribution in [3.63, 3.8) is 0 Å². The van der Waals surface area contributed by atoms with Gasteiger partial charge in [0.15, 0.2) is 5.82 Å². The highest BCUT2D eigenvalue weighted by molar-refractivity contribution is 5.57. The summed E-state index contributed by atoms with van der Waals surface area (Å²) in [5.74, 6) is 0.326. The molecular formula is C15H11FN6. The van der Waals surface area contributed by atoms with E-state index in [4.69, 9.17) is 16.3 Å². The molecule has 6 nitrogen and oxygen atoms in total. The monoisotopic (exact) mass is 294 g/mol. The molecule has 108 valence electrons. The molecule has 0 saturated heterocycles. The number of nitrogens with zero attached hydrogens (tertiary/aromatic N) is 4. The smallest absolute Gasteiger partial charge is 0.161 e. The van der Waals surface area contributed by atoms with Gasteiger partial charge in [0, 0.05) is 30.1 Å². The number of anilines is 1. The Morgan fingerprint density at radius 1 is 1.27 bits per heavy atom. The van der Waals surface area contributed by atoms with Crippen molar-refractivity contribution >= 4 is 5.82 Å². The van der Waals surface area contributed by atoms with Crippen molar-refractivity contribution in [2.75, 3.05) is 5.73 Å².